The van der Waals surface area contributed by atoms with Gasteiger partial charge in [-0.2, -0.15) is 0 Å². The molecule has 0 radical (unpaired) electrons. The fourth-order valence-electron chi connectivity index (χ4n) is 5.09. The maximum Gasteiger partial charge on any atom is 0.240 e. The minimum absolute atomic E-state index is 0.0138. The van der Waals surface area contributed by atoms with Crippen LogP contribution in [0, 0.1) is 0 Å². The van der Waals surface area contributed by atoms with Crippen molar-refractivity contribution in [2.75, 3.05) is 58.6 Å². The molecule has 0 bridgehead atoms. The summed E-state index contributed by atoms with van der Waals surface area (Å²) in [6, 6.07) is 5.48. The van der Waals surface area contributed by atoms with E-state index < -0.39 is 0 Å². The summed E-state index contributed by atoms with van der Waals surface area (Å²) in [7, 11) is 7.11. The largest absolute Gasteiger partial charge is 0.495 e. The number of anilines is 3. The third-order valence-electron chi connectivity index (χ3n) is 7.27. The number of aromatic nitrogens is 1. The molecule has 8 nitrogen and oxygen atoms in total. The van der Waals surface area contributed by atoms with Crippen molar-refractivity contribution in [3.8, 4) is 11.5 Å². The molecule has 1 amide bonds. The smallest absolute Gasteiger partial charge is 0.240 e. The molecule has 2 aromatic rings. The van der Waals surface area contributed by atoms with E-state index in [1.807, 2.05) is 24.1 Å². The third kappa shape index (κ3) is 6.42. The van der Waals surface area contributed by atoms with E-state index in [-0.39, 0.29) is 11.9 Å². The van der Waals surface area contributed by atoms with Crippen molar-refractivity contribution in [1.29, 1.82) is 0 Å². The number of ether oxygens (including phenoxy) is 2. The quantitative estimate of drug-likeness (QED) is 0.453. The average molecular weight is 540 g/mol. The molecule has 0 saturated carbocycles. The van der Waals surface area contributed by atoms with E-state index in [1.165, 1.54) is 12.0 Å². The van der Waals surface area contributed by atoms with Crippen molar-refractivity contribution in [2.24, 2.45) is 0 Å². The first-order valence-electron chi connectivity index (χ1n) is 13.2. The lowest BCUT2D eigenvalue weighted by Crippen LogP contribution is -2.49. The average Bonchev–Trinajstić information content (AvgIpc) is 3.18. The molecule has 204 valence electrons. The zero-order valence-electron chi connectivity index (χ0n) is 22.7. The molecule has 4 rings (SSSR count). The Bertz CT molecular complexity index is 1200. The molecular formula is C29H38ClN5O3. The summed E-state index contributed by atoms with van der Waals surface area (Å²) in [5, 5.41) is 7.12. The molecular weight excluding hydrogens is 502 g/mol. The van der Waals surface area contributed by atoms with E-state index in [4.69, 9.17) is 21.1 Å². The Morgan fingerprint density at radius 3 is 2.66 bits per heavy atom. The molecule has 1 saturated heterocycles. The Hall–Kier alpha value is -3.23. The minimum Gasteiger partial charge on any atom is -0.495 e. The van der Waals surface area contributed by atoms with Gasteiger partial charge in [-0.15, -0.1) is 0 Å². The van der Waals surface area contributed by atoms with Crippen LogP contribution in [0.1, 0.15) is 37.7 Å². The number of halogens is 1. The normalized spacial score (nSPS) is 18.6. The molecule has 1 fully saturated rings. The van der Waals surface area contributed by atoms with E-state index in [0.717, 1.165) is 61.5 Å². The van der Waals surface area contributed by atoms with Crippen molar-refractivity contribution in [3.05, 3.63) is 52.7 Å². The first-order valence-corrected chi connectivity index (χ1v) is 13.5. The minimum atomic E-state index is 0.0138. The number of pyridine rings is 1. The molecule has 2 N–H and O–H groups in total. The summed E-state index contributed by atoms with van der Waals surface area (Å²) < 4.78 is 10.9. The summed E-state index contributed by atoms with van der Waals surface area (Å²) in [5.41, 5.74) is 3.70. The van der Waals surface area contributed by atoms with Crippen LogP contribution in [0.2, 0.25) is 5.02 Å². The second kappa shape index (κ2) is 13.0. The number of amides is 1. The van der Waals surface area contributed by atoms with Crippen LogP contribution in [0.5, 0.6) is 11.5 Å². The maximum atomic E-state index is 13.2. The lowest BCUT2D eigenvalue weighted by molar-refractivity contribution is -0.137. The van der Waals surface area contributed by atoms with Crippen LogP contribution in [-0.2, 0) is 4.79 Å². The van der Waals surface area contributed by atoms with Crippen LogP contribution in [0.25, 0.3) is 6.08 Å². The molecule has 38 heavy (non-hydrogen) atoms. The van der Waals surface area contributed by atoms with Gasteiger partial charge in [0.15, 0.2) is 0 Å². The van der Waals surface area contributed by atoms with Gasteiger partial charge < -0.3 is 25.0 Å². The first kappa shape index (κ1) is 27.8. The number of benzene rings is 1. The molecule has 1 atom stereocenters. The predicted octanol–water partition coefficient (Wildman–Crippen LogP) is 5.58. The van der Waals surface area contributed by atoms with Crippen LogP contribution < -0.4 is 20.1 Å². The lowest BCUT2D eigenvalue weighted by Gasteiger charge is -2.34. The highest BCUT2D eigenvalue weighted by atomic mass is 35.5. The molecule has 2 aliphatic rings. The molecule has 2 aliphatic heterocycles. The molecule has 1 aromatic carbocycles. The second-order valence-electron chi connectivity index (χ2n) is 9.68. The second-order valence-corrected chi connectivity index (χ2v) is 10.1. The number of rotatable bonds is 8. The van der Waals surface area contributed by atoms with Gasteiger partial charge in [-0.25, -0.2) is 4.98 Å². The zero-order chi connectivity index (χ0) is 27.1. The molecule has 0 spiro atoms. The van der Waals surface area contributed by atoms with Gasteiger partial charge in [0.05, 0.1) is 36.7 Å². The lowest BCUT2D eigenvalue weighted by atomic mass is 10.0. The Balaban J connectivity index is 1.55. The predicted molar refractivity (Wildman–Crippen MR) is 155 cm³/mol. The van der Waals surface area contributed by atoms with E-state index in [9.17, 15) is 4.79 Å². The highest BCUT2D eigenvalue weighted by molar-refractivity contribution is 6.32. The highest BCUT2D eigenvalue weighted by Gasteiger charge is 2.29. The van der Waals surface area contributed by atoms with Crippen LogP contribution in [0.4, 0.5) is 17.2 Å². The zero-order valence-corrected chi connectivity index (χ0v) is 23.5. The standard InChI is InChI=1S/C29H38ClN5O3/c1-31-28-21(23(12-14-32-28)33-24-19-26(37-3)22(30)18-27(24)38-4)11-10-20-8-7-16-35(17-13-20)29(36)25-9-5-6-15-34(25)2/h10-14,18-19,25H,5-9,15-17H2,1-4H3,(H2,31,32,33)/b11-10+. The Labute approximate surface area is 230 Å². The van der Waals surface area contributed by atoms with Crippen molar-refractivity contribution in [1.82, 2.24) is 14.8 Å². The fourth-order valence-corrected chi connectivity index (χ4v) is 5.32. The number of likely N-dealkylation sites (N-methyl/N-ethyl adjacent to an activating group) is 1. The number of hydrogen-bond acceptors (Lipinski definition) is 7. The van der Waals surface area contributed by atoms with Gasteiger partial charge in [0.1, 0.15) is 17.3 Å². The van der Waals surface area contributed by atoms with Gasteiger partial charge in [-0.05, 0) is 51.4 Å². The number of nitrogens with one attached hydrogen (secondary N) is 2. The van der Waals surface area contributed by atoms with Crippen molar-refractivity contribution in [3.63, 3.8) is 0 Å². The molecule has 1 aromatic heterocycles. The molecule has 1 unspecified atom stereocenters. The van der Waals surface area contributed by atoms with Gasteiger partial charge in [0.2, 0.25) is 5.91 Å². The maximum absolute atomic E-state index is 13.2. The number of carbonyl (C=O) groups is 1. The highest BCUT2D eigenvalue weighted by Crippen LogP contribution is 2.38. The number of nitrogens with zero attached hydrogens (tertiary/aromatic N) is 3. The van der Waals surface area contributed by atoms with E-state index in [1.54, 1.807) is 26.5 Å². The summed E-state index contributed by atoms with van der Waals surface area (Å²) in [4.78, 5) is 21.9. The van der Waals surface area contributed by atoms with Gasteiger partial charge in [0, 0.05) is 44.0 Å². The monoisotopic (exact) mass is 539 g/mol. The number of methoxy groups -OCH3 is 2. The Kier molecular flexibility index (Phi) is 9.53. The topological polar surface area (TPSA) is 79.0 Å². The number of carbonyl (C=O) groups excluding carboxylic acids is 1. The first-order chi connectivity index (χ1) is 18.4. The van der Waals surface area contributed by atoms with Crippen LogP contribution in [0.15, 0.2) is 42.1 Å². The summed E-state index contributed by atoms with van der Waals surface area (Å²) >= 11 is 6.30. The van der Waals surface area contributed by atoms with Gasteiger partial charge in [-0.1, -0.05) is 35.7 Å². The van der Waals surface area contributed by atoms with Gasteiger partial charge in [-0.3, -0.25) is 9.69 Å². The number of allylic oxidation sites excluding steroid dienone is 2. The number of hydrogen-bond donors (Lipinski definition) is 2. The fraction of sp³-hybridized carbons (Fsp3) is 0.448. The van der Waals surface area contributed by atoms with Gasteiger partial charge in [0.25, 0.3) is 0 Å². The Morgan fingerprint density at radius 2 is 1.92 bits per heavy atom. The Morgan fingerprint density at radius 1 is 1.11 bits per heavy atom. The summed E-state index contributed by atoms with van der Waals surface area (Å²) in [5.74, 6) is 2.17. The third-order valence-corrected chi connectivity index (χ3v) is 7.56. The number of likely N-dealkylation sites (tertiary alicyclic amines) is 1. The van der Waals surface area contributed by atoms with Crippen LogP contribution in [-0.4, -0.2) is 74.7 Å². The molecule has 0 aliphatic carbocycles. The van der Waals surface area contributed by atoms with Crippen molar-refractivity contribution >= 4 is 40.8 Å². The summed E-state index contributed by atoms with van der Waals surface area (Å²) in [6.07, 6.45) is 13.2. The molecule has 3 heterocycles. The molecule has 9 heteroatoms. The van der Waals surface area contributed by atoms with Crippen LogP contribution >= 0.6 is 11.6 Å². The van der Waals surface area contributed by atoms with Crippen molar-refractivity contribution in [2.45, 2.75) is 38.1 Å². The SMILES string of the molecule is CNc1nccc(Nc2cc(OC)c(Cl)cc2OC)c1/C=C/C1=CCN(C(=O)C2CCCCN2C)CCC1. The van der Waals surface area contributed by atoms with Gasteiger partial charge >= 0.3 is 0 Å². The van der Waals surface area contributed by atoms with E-state index in [2.05, 4.69) is 45.8 Å². The van der Waals surface area contributed by atoms with E-state index >= 15 is 0 Å². The van der Waals surface area contributed by atoms with Crippen molar-refractivity contribution < 1.29 is 14.3 Å². The summed E-state index contributed by atoms with van der Waals surface area (Å²) in [6.45, 7) is 2.43. The van der Waals surface area contributed by atoms with Crippen LogP contribution in [0.3, 0.4) is 0 Å². The number of piperidine rings is 1. The van der Waals surface area contributed by atoms with E-state index in [0.29, 0.717) is 23.1 Å².